The highest BCUT2D eigenvalue weighted by Gasteiger charge is 2.42. The molecule has 0 bridgehead atoms. The van der Waals surface area contributed by atoms with Crippen LogP contribution < -0.4 is 0 Å². The van der Waals surface area contributed by atoms with Crippen LogP contribution in [-0.2, 0) is 14.3 Å². The van der Waals surface area contributed by atoms with Crippen LogP contribution in [0.15, 0.2) is 12.2 Å². The molecule has 1 aliphatic carbocycles. The van der Waals surface area contributed by atoms with Gasteiger partial charge in [0.05, 0.1) is 25.0 Å². The van der Waals surface area contributed by atoms with E-state index in [1.54, 1.807) is 0 Å². The van der Waals surface area contributed by atoms with E-state index < -0.39 is 0 Å². The van der Waals surface area contributed by atoms with Gasteiger partial charge in [-0.2, -0.15) is 0 Å². The molecular weight excluding hydrogens is 294 g/mol. The zero-order chi connectivity index (χ0) is 16.4. The lowest BCUT2D eigenvalue weighted by molar-refractivity contribution is -0.152. The second-order valence-corrected chi connectivity index (χ2v) is 6.95. The first-order valence-electron chi connectivity index (χ1n) is 8.54. The Balaban J connectivity index is 1.63. The van der Waals surface area contributed by atoms with Crippen molar-refractivity contribution in [2.75, 3.05) is 53.5 Å². The Morgan fingerprint density at radius 1 is 0.957 bits per heavy atom. The molecule has 2 atom stereocenters. The summed E-state index contributed by atoms with van der Waals surface area (Å²) in [6, 6.07) is 0.450. The largest absolute Gasteiger partial charge is 0.378 e. The summed E-state index contributed by atoms with van der Waals surface area (Å²) in [6.45, 7) is 4.06. The lowest BCUT2D eigenvalue weighted by Crippen LogP contribution is -2.61. The maximum Gasteiger partial charge on any atom is 0.226 e. The van der Waals surface area contributed by atoms with Gasteiger partial charge in [0.15, 0.2) is 0 Å². The fourth-order valence-corrected chi connectivity index (χ4v) is 3.57. The molecule has 0 aromatic carbocycles. The maximum absolute atomic E-state index is 12.8. The molecule has 2 fully saturated rings. The summed E-state index contributed by atoms with van der Waals surface area (Å²) in [5, 5.41) is 0. The smallest absolute Gasteiger partial charge is 0.226 e. The van der Waals surface area contributed by atoms with Crippen molar-refractivity contribution in [1.82, 2.24) is 14.7 Å². The number of carbonyl (C=O) groups is 2. The van der Waals surface area contributed by atoms with E-state index in [9.17, 15) is 9.59 Å². The summed E-state index contributed by atoms with van der Waals surface area (Å²) in [4.78, 5) is 31.6. The Bertz CT molecular complexity index is 479. The van der Waals surface area contributed by atoms with Crippen LogP contribution >= 0.6 is 0 Å². The Morgan fingerprint density at radius 2 is 1.48 bits per heavy atom. The molecule has 0 aromatic rings. The van der Waals surface area contributed by atoms with Gasteiger partial charge in [0, 0.05) is 32.2 Å². The molecule has 23 heavy (non-hydrogen) atoms. The molecule has 0 saturated carbocycles. The van der Waals surface area contributed by atoms with Crippen molar-refractivity contribution in [3.8, 4) is 0 Å². The minimum atomic E-state index is -0.205. The number of likely N-dealkylation sites (tertiary alicyclic amines) is 1. The van der Waals surface area contributed by atoms with E-state index in [-0.39, 0.29) is 23.7 Å². The third kappa shape index (κ3) is 3.43. The molecule has 0 radical (unpaired) electrons. The first kappa shape index (κ1) is 16.5. The summed E-state index contributed by atoms with van der Waals surface area (Å²) >= 11 is 0. The van der Waals surface area contributed by atoms with Gasteiger partial charge in [0.2, 0.25) is 11.8 Å². The van der Waals surface area contributed by atoms with Gasteiger partial charge in [-0.25, -0.2) is 0 Å². The Labute approximate surface area is 138 Å². The van der Waals surface area contributed by atoms with Gasteiger partial charge in [-0.05, 0) is 26.9 Å². The molecule has 6 nitrogen and oxygen atoms in total. The van der Waals surface area contributed by atoms with E-state index in [1.165, 1.54) is 0 Å². The zero-order valence-electron chi connectivity index (χ0n) is 14.1. The van der Waals surface area contributed by atoms with Crippen LogP contribution in [0.5, 0.6) is 0 Å². The number of ether oxygens (including phenoxy) is 1. The second kappa shape index (κ2) is 7.01. The fraction of sp³-hybridized carbons (Fsp3) is 0.765. The lowest BCUT2D eigenvalue weighted by atomic mass is 9.80. The lowest BCUT2D eigenvalue weighted by Gasteiger charge is -2.45. The number of rotatable bonds is 3. The van der Waals surface area contributed by atoms with E-state index in [0.717, 1.165) is 13.1 Å². The summed E-state index contributed by atoms with van der Waals surface area (Å²) in [6.07, 6.45) is 5.46. The standard InChI is InChI=1S/C17H27N3O3/c1-18(2)13-11-20(12-13)17(22)15-6-4-3-5-14(15)16(21)19-7-9-23-10-8-19/h3-4,13-15H,5-12H2,1-2H3/t14-,15-/m1/s1. The van der Waals surface area contributed by atoms with Gasteiger partial charge in [-0.15, -0.1) is 0 Å². The number of nitrogens with zero attached hydrogens (tertiary/aromatic N) is 3. The molecule has 2 heterocycles. The molecule has 128 valence electrons. The molecule has 3 rings (SSSR count). The summed E-state index contributed by atoms with van der Waals surface area (Å²) < 4.78 is 5.32. The third-order valence-corrected chi connectivity index (χ3v) is 5.29. The van der Waals surface area contributed by atoms with Crippen molar-refractivity contribution in [3.05, 3.63) is 12.2 Å². The SMILES string of the molecule is CN(C)C1CN(C(=O)[C@@H]2CC=CC[C@H]2C(=O)N2CCOCC2)C1. The molecular formula is C17H27N3O3. The molecule has 2 aliphatic heterocycles. The van der Waals surface area contributed by atoms with Gasteiger partial charge in [0.1, 0.15) is 0 Å². The molecule has 0 spiro atoms. The molecule has 0 N–H and O–H groups in total. The van der Waals surface area contributed by atoms with Crippen LogP contribution in [0.2, 0.25) is 0 Å². The Kier molecular flexibility index (Phi) is 5.02. The minimum Gasteiger partial charge on any atom is -0.378 e. The number of allylic oxidation sites excluding steroid dienone is 2. The molecule has 3 aliphatic rings. The number of morpholine rings is 1. The molecule has 2 saturated heterocycles. The van der Waals surface area contributed by atoms with E-state index in [1.807, 2.05) is 30.0 Å². The highest BCUT2D eigenvalue weighted by Crippen LogP contribution is 2.31. The third-order valence-electron chi connectivity index (χ3n) is 5.29. The average molecular weight is 321 g/mol. The minimum absolute atomic E-state index is 0.126. The predicted octanol–water partition coefficient (Wildman–Crippen LogP) is 0.200. The highest BCUT2D eigenvalue weighted by atomic mass is 16.5. The summed E-state index contributed by atoms with van der Waals surface area (Å²) in [5.41, 5.74) is 0. The van der Waals surface area contributed by atoms with E-state index >= 15 is 0 Å². The first-order valence-corrected chi connectivity index (χ1v) is 8.54. The highest BCUT2D eigenvalue weighted by molar-refractivity contribution is 5.88. The van der Waals surface area contributed by atoms with Crippen LogP contribution in [-0.4, -0.2) is 86.0 Å². The number of likely N-dealkylation sites (N-methyl/N-ethyl adjacent to an activating group) is 1. The van der Waals surface area contributed by atoms with Gasteiger partial charge in [-0.3, -0.25) is 9.59 Å². The number of amides is 2. The predicted molar refractivity (Wildman–Crippen MR) is 86.8 cm³/mol. The first-order chi connectivity index (χ1) is 11.1. The zero-order valence-corrected chi connectivity index (χ0v) is 14.1. The van der Waals surface area contributed by atoms with Gasteiger partial charge in [-0.1, -0.05) is 12.2 Å². The fourth-order valence-electron chi connectivity index (χ4n) is 3.57. The molecule has 2 amide bonds. The van der Waals surface area contributed by atoms with Crippen LogP contribution in [0.25, 0.3) is 0 Å². The van der Waals surface area contributed by atoms with Gasteiger partial charge in [0.25, 0.3) is 0 Å². The van der Waals surface area contributed by atoms with Crippen molar-refractivity contribution in [2.24, 2.45) is 11.8 Å². The molecule has 0 unspecified atom stereocenters. The van der Waals surface area contributed by atoms with Crippen molar-refractivity contribution in [2.45, 2.75) is 18.9 Å². The van der Waals surface area contributed by atoms with E-state index in [2.05, 4.69) is 11.0 Å². The van der Waals surface area contributed by atoms with Crippen LogP contribution in [0.4, 0.5) is 0 Å². The van der Waals surface area contributed by atoms with Gasteiger partial charge < -0.3 is 19.4 Å². The van der Waals surface area contributed by atoms with Crippen molar-refractivity contribution < 1.29 is 14.3 Å². The Morgan fingerprint density at radius 3 is 2.00 bits per heavy atom. The number of hydrogen-bond acceptors (Lipinski definition) is 4. The maximum atomic E-state index is 12.8. The van der Waals surface area contributed by atoms with Crippen molar-refractivity contribution in [1.29, 1.82) is 0 Å². The van der Waals surface area contributed by atoms with Gasteiger partial charge >= 0.3 is 0 Å². The number of carbonyl (C=O) groups excluding carboxylic acids is 2. The van der Waals surface area contributed by atoms with Crippen LogP contribution in [0.3, 0.4) is 0 Å². The topological polar surface area (TPSA) is 53.1 Å². The van der Waals surface area contributed by atoms with E-state index in [4.69, 9.17) is 4.74 Å². The van der Waals surface area contributed by atoms with Crippen molar-refractivity contribution >= 4 is 11.8 Å². The normalized spacial score (nSPS) is 28.8. The van der Waals surface area contributed by atoms with Crippen LogP contribution in [0.1, 0.15) is 12.8 Å². The van der Waals surface area contributed by atoms with E-state index in [0.29, 0.717) is 45.2 Å². The second-order valence-electron chi connectivity index (χ2n) is 6.95. The monoisotopic (exact) mass is 321 g/mol. The van der Waals surface area contributed by atoms with Crippen molar-refractivity contribution in [3.63, 3.8) is 0 Å². The summed E-state index contributed by atoms with van der Waals surface area (Å²) in [5.74, 6) is -0.123. The Hall–Kier alpha value is -1.40. The number of hydrogen-bond donors (Lipinski definition) is 0. The average Bonchev–Trinajstić information content (AvgIpc) is 2.53. The molecule has 6 heteroatoms. The summed E-state index contributed by atoms with van der Waals surface area (Å²) in [7, 11) is 4.08. The quantitative estimate of drug-likeness (QED) is 0.697. The molecule has 0 aromatic heterocycles. The van der Waals surface area contributed by atoms with Crippen LogP contribution in [0, 0.1) is 11.8 Å².